The van der Waals surface area contributed by atoms with E-state index in [0.717, 1.165) is 16.8 Å². The minimum atomic E-state index is -0.737. The quantitative estimate of drug-likeness (QED) is 0.396. The Bertz CT molecular complexity index is 1170. The molecular formula is C25H23N3O3. The van der Waals surface area contributed by atoms with Crippen molar-refractivity contribution in [2.24, 2.45) is 0 Å². The number of aryl methyl sites for hydroxylation is 1. The number of hydrogen-bond acceptors (Lipinski definition) is 5. The van der Waals surface area contributed by atoms with E-state index in [4.69, 9.17) is 0 Å². The number of carbonyl (C=O) groups is 2. The maximum Gasteiger partial charge on any atom is 0.300 e. The van der Waals surface area contributed by atoms with E-state index in [-0.39, 0.29) is 11.3 Å². The number of Topliss-reactive ketones (excluding diaryl/α,β-unsaturated/α-hetero) is 1. The number of carbonyl (C=O) groups excluding carboxylic acids is 2. The lowest BCUT2D eigenvalue weighted by atomic mass is 9.92. The molecule has 4 rings (SSSR count). The van der Waals surface area contributed by atoms with Crippen LogP contribution >= 0.6 is 0 Å². The fraction of sp³-hybridized carbons (Fsp3) is 0.160. The monoisotopic (exact) mass is 413 g/mol. The summed E-state index contributed by atoms with van der Waals surface area (Å²) >= 11 is 0. The second-order valence-electron chi connectivity index (χ2n) is 7.67. The van der Waals surface area contributed by atoms with Gasteiger partial charge in [-0.2, -0.15) is 0 Å². The molecule has 1 amide bonds. The Morgan fingerprint density at radius 1 is 0.968 bits per heavy atom. The first-order chi connectivity index (χ1) is 14.9. The van der Waals surface area contributed by atoms with Crippen molar-refractivity contribution in [3.8, 4) is 0 Å². The lowest BCUT2D eigenvalue weighted by molar-refractivity contribution is -0.132. The molecule has 2 heterocycles. The summed E-state index contributed by atoms with van der Waals surface area (Å²) in [6.07, 6.45) is 3.07. The number of rotatable bonds is 4. The minimum absolute atomic E-state index is 0.0715. The largest absolute Gasteiger partial charge is 0.507 e. The highest BCUT2D eigenvalue weighted by atomic mass is 16.3. The summed E-state index contributed by atoms with van der Waals surface area (Å²) in [6.45, 7) is 1.93. The Morgan fingerprint density at radius 3 is 2.23 bits per heavy atom. The predicted octanol–water partition coefficient (Wildman–Crippen LogP) is 4.08. The summed E-state index contributed by atoms with van der Waals surface area (Å²) in [5.41, 5.74) is 3.79. The SMILES string of the molecule is Cc1ccccc1C1/C(=C(\O)c2ccncc2)C(=O)C(=O)N1c1ccc(N(C)C)cc1. The second kappa shape index (κ2) is 8.07. The Hall–Kier alpha value is -3.93. The van der Waals surface area contributed by atoms with Gasteiger partial charge in [0.15, 0.2) is 0 Å². The molecule has 1 fully saturated rings. The van der Waals surface area contributed by atoms with Crippen molar-refractivity contribution < 1.29 is 14.7 Å². The Morgan fingerprint density at radius 2 is 1.61 bits per heavy atom. The molecule has 1 unspecified atom stereocenters. The van der Waals surface area contributed by atoms with E-state index in [1.54, 1.807) is 12.1 Å². The van der Waals surface area contributed by atoms with E-state index in [9.17, 15) is 14.7 Å². The van der Waals surface area contributed by atoms with Crippen molar-refractivity contribution >= 4 is 28.8 Å². The number of pyridine rings is 1. The molecule has 3 aromatic rings. The van der Waals surface area contributed by atoms with E-state index < -0.39 is 17.7 Å². The van der Waals surface area contributed by atoms with Gasteiger partial charge in [-0.25, -0.2) is 0 Å². The maximum atomic E-state index is 13.2. The fourth-order valence-electron chi connectivity index (χ4n) is 3.86. The van der Waals surface area contributed by atoms with Crippen LogP contribution in [0.1, 0.15) is 22.7 Å². The zero-order chi connectivity index (χ0) is 22.1. The minimum Gasteiger partial charge on any atom is -0.507 e. The average Bonchev–Trinajstić information content (AvgIpc) is 3.04. The van der Waals surface area contributed by atoms with Gasteiger partial charge in [-0.05, 0) is 54.4 Å². The molecule has 0 aliphatic carbocycles. The number of amides is 1. The zero-order valence-electron chi connectivity index (χ0n) is 17.6. The maximum absolute atomic E-state index is 13.2. The number of nitrogens with zero attached hydrogens (tertiary/aromatic N) is 3. The van der Waals surface area contributed by atoms with Gasteiger partial charge in [-0.15, -0.1) is 0 Å². The topological polar surface area (TPSA) is 73.7 Å². The molecule has 1 atom stereocenters. The Kier molecular flexibility index (Phi) is 5.29. The van der Waals surface area contributed by atoms with Gasteiger partial charge in [0.25, 0.3) is 11.7 Å². The molecule has 1 aromatic heterocycles. The summed E-state index contributed by atoms with van der Waals surface area (Å²) in [6, 6.07) is 17.5. The van der Waals surface area contributed by atoms with Crippen LogP contribution in [0.25, 0.3) is 5.76 Å². The van der Waals surface area contributed by atoms with Gasteiger partial charge in [0.2, 0.25) is 0 Å². The van der Waals surface area contributed by atoms with Crippen molar-refractivity contribution in [1.29, 1.82) is 0 Å². The van der Waals surface area contributed by atoms with Crippen LogP contribution in [0.15, 0.2) is 78.6 Å². The summed E-state index contributed by atoms with van der Waals surface area (Å²) in [4.78, 5) is 33.7. The van der Waals surface area contributed by atoms with Gasteiger partial charge in [0.05, 0.1) is 11.6 Å². The van der Waals surface area contributed by atoms with Crippen molar-refractivity contribution in [2.75, 3.05) is 23.9 Å². The van der Waals surface area contributed by atoms with Crippen molar-refractivity contribution in [3.05, 3.63) is 95.3 Å². The molecular weight excluding hydrogens is 390 g/mol. The van der Waals surface area contributed by atoms with E-state index in [2.05, 4.69) is 4.98 Å². The molecule has 6 nitrogen and oxygen atoms in total. The summed E-state index contributed by atoms with van der Waals surface area (Å²) in [5, 5.41) is 11.1. The van der Waals surface area contributed by atoms with Crippen LogP contribution in [0.2, 0.25) is 0 Å². The molecule has 0 bridgehead atoms. The summed E-state index contributed by atoms with van der Waals surface area (Å²) in [7, 11) is 3.87. The van der Waals surface area contributed by atoms with Crippen LogP contribution in [-0.4, -0.2) is 35.9 Å². The number of benzene rings is 2. The first-order valence-electron chi connectivity index (χ1n) is 9.94. The first kappa shape index (κ1) is 20.3. The van der Waals surface area contributed by atoms with E-state index in [1.807, 2.05) is 74.4 Å². The van der Waals surface area contributed by atoms with Crippen LogP contribution in [0, 0.1) is 6.92 Å². The molecule has 0 saturated carbocycles. The third-order valence-corrected chi connectivity index (χ3v) is 5.53. The second-order valence-corrected chi connectivity index (χ2v) is 7.67. The fourth-order valence-corrected chi connectivity index (χ4v) is 3.86. The number of aliphatic hydroxyl groups excluding tert-OH is 1. The van der Waals surface area contributed by atoms with Crippen LogP contribution in [0.4, 0.5) is 11.4 Å². The number of ketones is 1. The molecule has 1 saturated heterocycles. The number of anilines is 2. The van der Waals surface area contributed by atoms with Gasteiger partial charge in [-0.3, -0.25) is 19.5 Å². The predicted molar refractivity (Wildman–Crippen MR) is 121 cm³/mol. The highest BCUT2D eigenvalue weighted by Crippen LogP contribution is 2.43. The number of hydrogen-bond donors (Lipinski definition) is 1. The van der Waals surface area contributed by atoms with Gasteiger partial charge in [0.1, 0.15) is 5.76 Å². The molecule has 1 aliphatic rings. The van der Waals surface area contributed by atoms with E-state index in [0.29, 0.717) is 11.3 Å². The average molecular weight is 413 g/mol. The van der Waals surface area contributed by atoms with Crippen LogP contribution < -0.4 is 9.80 Å². The van der Waals surface area contributed by atoms with Crippen LogP contribution in [-0.2, 0) is 9.59 Å². The number of aromatic nitrogens is 1. The lowest BCUT2D eigenvalue weighted by Gasteiger charge is -2.27. The molecule has 0 radical (unpaired) electrons. The van der Waals surface area contributed by atoms with Gasteiger partial charge >= 0.3 is 0 Å². The Labute approximate surface area is 181 Å². The smallest absolute Gasteiger partial charge is 0.300 e. The van der Waals surface area contributed by atoms with E-state index in [1.165, 1.54) is 17.3 Å². The molecule has 0 spiro atoms. The van der Waals surface area contributed by atoms with Crippen LogP contribution in [0.5, 0.6) is 0 Å². The molecule has 31 heavy (non-hydrogen) atoms. The van der Waals surface area contributed by atoms with Gasteiger partial charge in [0, 0.05) is 43.4 Å². The van der Waals surface area contributed by atoms with Crippen molar-refractivity contribution in [2.45, 2.75) is 13.0 Å². The highest BCUT2D eigenvalue weighted by molar-refractivity contribution is 6.51. The normalized spacial score (nSPS) is 17.8. The van der Waals surface area contributed by atoms with Crippen LogP contribution in [0.3, 0.4) is 0 Å². The number of aliphatic hydroxyl groups is 1. The molecule has 1 aliphatic heterocycles. The molecule has 2 aromatic carbocycles. The summed E-state index contributed by atoms with van der Waals surface area (Å²) < 4.78 is 0. The molecule has 1 N–H and O–H groups in total. The van der Waals surface area contributed by atoms with E-state index >= 15 is 0 Å². The first-order valence-corrected chi connectivity index (χ1v) is 9.94. The molecule has 6 heteroatoms. The summed E-state index contributed by atoms with van der Waals surface area (Å²) in [5.74, 6) is -1.58. The van der Waals surface area contributed by atoms with Gasteiger partial charge in [-0.1, -0.05) is 24.3 Å². The molecule has 156 valence electrons. The van der Waals surface area contributed by atoms with Crippen molar-refractivity contribution in [1.82, 2.24) is 4.98 Å². The van der Waals surface area contributed by atoms with Gasteiger partial charge < -0.3 is 10.0 Å². The highest BCUT2D eigenvalue weighted by Gasteiger charge is 2.47. The third kappa shape index (κ3) is 3.57. The third-order valence-electron chi connectivity index (χ3n) is 5.53. The Balaban J connectivity index is 1.93. The zero-order valence-corrected chi connectivity index (χ0v) is 17.6. The standard InChI is InChI=1S/C25H23N3O3/c1-16-6-4-5-7-20(16)22-21(23(29)17-12-14-26-15-13-17)24(30)25(31)28(22)19-10-8-18(9-11-19)27(2)3/h4-15,22,29H,1-3H3/b23-21+. The lowest BCUT2D eigenvalue weighted by Crippen LogP contribution is -2.29. The van der Waals surface area contributed by atoms with Crippen molar-refractivity contribution in [3.63, 3.8) is 0 Å².